The highest BCUT2D eigenvalue weighted by atomic mass is 16.5. The Labute approximate surface area is 171 Å². The van der Waals surface area contributed by atoms with Crippen molar-refractivity contribution in [3.05, 3.63) is 53.6 Å². The number of piperazine rings is 1. The highest BCUT2D eigenvalue weighted by Gasteiger charge is 2.44. The van der Waals surface area contributed by atoms with Crippen molar-refractivity contribution in [3.8, 4) is 5.75 Å². The van der Waals surface area contributed by atoms with Crippen molar-refractivity contribution in [2.75, 3.05) is 43.1 Å². The van der Waals surface area contributed by atoms with E-state index in [0.29, 0.717) is 0 Å². The summed E-state index contributed by atoms with van der Waals surface area (Å²) in [5.41, 5.74) is 3.81. The Bertz CT molecular complexity index is 897. The molecule has 2 aromatic carbocycles. The summed E-state index contributed by atoms with van der Waals surface area (Å²) in [5, 5.41) is 0. The van der Waals surface area contributed by atoms with E-state index in [2.05, 4.69) is 21.9 Å². The van der Waals surface area contributed by atoms with Crippen LogP contribution in [0, 0.1) is 13.8 Å². The first-order valence-corrected chi connectivity index (χ1v) is 10.1. The SMILES string of the molecule is COc1ccc(N2CCN([C@@H]3CC(=O)N(c4c(C)cccc4C)C3=O)CC2)cc1. The number of hydrogen-bond acceptors (Lipinski definition) is 5. The zero-order chi connectivity index (χ0) is 20.5. The zero-order valence-electron chi connectivity index (χ0n) is 17.2. The van der Waals surface area contributed by atoms with Crippen molar-refractivity contribution in [2.45, 2.75) is 26.3 Å². The lowest BCUT2D eigenvalue weighted by atomic mass is 10.1. The standard InChI is InChI=1S/C23H27N3O3/c1-16-5-4-6-17(2)22(16)26-21(27)15-20(23(26)28)25-13-11-24(12-14-25)18-7-9-19(29-3)10-8-18/h4-10,20H,11-15H2,1-3H3/t20-/m1/s1. The second-order valence-corrected chi connectivity index (χ2v) is 7.75. The summed E-state index contributed by atoms with van der Waals surface area (Å²) in [4.78, 5) is 31.8. The highest BCUT2D eigenvalue weighted by molar-refractivity contribution is 6.23. The summed E-state index contributed by atoms with van der Waals surface area (Å²) >= 11 is 0. The Balaban J connectivity index is 1.45. The smallest absolute Gasteiger partial charge is 0.251 e. The van der Waals surface area contributed by atoms with Crippen molar-refractivity contribution >= 4 is 23.2 Å². The molecule has 4 rings (SSSR count). The number of amides is 2. The first-order valence-electron chi connectivity index (χ1n) is 10.1. The quantitative estimate of drug-likeness (QED) is 0.748. The molecule has 0 unspecified atom stereocenters. The van der Waals surface area contributed by atoms with Crippen molar-refractivity contribution in [2.24, 2.45) is 0 Å². The summed E-state index contributed by atoms with van der Waals surface area (Å²) in [6.45, 7) is 7.07. The molecule has 0 aliphatic carbocycles. The van der Waals surface area contributed by atoms with Crippen LogP contribution in [0.3, 0.4) is 0 Å². The number of carbonyl (C=O) groups excluding carboxylic acids is 2. The van der Waals surface area contributed by atoms with Crippen molar-refractivity contribution in [1.82, 2.24) is 4.90 Å². The number of nitrogens with zero attached hydrogens (tertiary/aromatic N) is 3. The van der Waals surface area contributed by atoms with Gasteiger partial charge in [0, 0.05) is 31.9 Å². The number of carbonyl (C=O) groups is 2. The fourth-order valence-electron chi connectivity index (χ4n) is 4.38. The number of ether oxygens (including phenoxy) is 1. The molecule has 6 nitrogen and oxygen atoms in total. The van der Waals surface area contributed by atoms with Crippen LogP contribution in [0.5, 0.6) is 5.75 Å². The molecule has 0 aromatic heterocycles. The van der Waals surface area contributed by atoms with Gasteiger partial charge in [0.15, 0.2) is 0 Å². The highest BCUT2D eigenvalue weighted by Crippen LogP contribution is 2.32. The number of benzene rings is 2. The number of methoxy groups -OCH3 is 1. The van der Waals surface area contributed by atoms with Crippen LogP contribution in [0.2, 0.25) is 0 Å². The molecule has 2 aromatic rings. The molecular weight excluding hydrogens is 366 g/mol. The van der Waals surface area contributed by atoms with Crippen LogP contribution in [0.25, 0.3) is 0 Å². The molecule has 29 heavy (non-hydrogen) atoms. The summed E-state index contributed by atoms with van der Waals surface area (Å²) in [6.07, 6.45) is 0.259. The molecule has 0 N–H and O–H groups in total. The number of anilines is 2. The minimum absolute atomic E-state index is 0.0923. The molecule has 6 heteroatoms. The molecule has 2 aliphatic heterocycles. The molecule has 0 bridgehead atoms. The molecule has 2 fully saturated rings. The molecule has 0 spiro atoms. The fourth-order valence-corrected chi connectivity index (χ4v) is 4.38. The Morgan fingerprint density at radius 2 is 1.52 bits per heavy atom. The second kappa shape index (κ2) is 7.87. The van der Waals surface area contributed by atoms with E-state index in [1.165, 1.54) is 4.90 Å². The van der Waals surface area contributed by atoms with Gasteiger partial charge in [-0.05, 0) is 49.2 Å². The maximum Gasteiger partial charge on any atom is 0.251 e. The molecule has 152 valence electrons. The van der Waals surface area contributed by atoms with Gasteiger partial charge in [0.05, 0.1) is 25.3 Å². The topological polar surface area (TPSA) is 53.1 Å². The van der Waals surface area contributed by atoms with Gasteiger partial charge in [-0.15, -0.1) is 0 Å². The Morgan fingerprint density at radius 3 is 2.10 bits per heavy atom. The number of imide groups is 1. The normalized spacial score (nSPS) is 20.4. The van der Waals surface area contributed by atoms with E-state index in [1.807, 2.05) is 44.2 Å². The number of aryl methyl sites for hydroxylation is 2. The van der Waals surface area contributed by atoms with E-state index in [-0.39, 0.29) is 24.3 Å². The average Bonchev–Trinajstić information content (AvgIpc) is 3.03. The third-order valence-corrected chi connectivity index (χ3v) is 5.98. The van der Waals surface area contributed by atoms with E-state index in [1.54, 1.807) is 7.11 Å². The predicted molar refractivity (Wildman–Crippen MR) is 114 cm³/mol. The van der Waals surface area contributed by atoms with Gasteiger partial charge in [-0.25, -0.2) is 4.90 Å². The first kappa shape index (κ1) is 19.5. The van der Waals surface area contributed by atoms with E-state index >= 15 is 0 Å². The van der Waals surface area contributed by atoms with Crippen LogP contribution in [0.1, 0.15) is 17.5 Å². The Kier molecular flexibility index (Phi) is 5.28. The van der Waals surface area contributed by atoms with Gasteiger partial charge in [0.1, 0.15) is 5.75 Å². The zero-order valence-corrected chi connectivity index (χ0v) is 17.2. The molecule has 0 saturated carbocycles. The van der Waals surface area contributed by atoms with Gasteiger partial charge < -0.3 is 9.64 Å². The van der Waals surface area contributed by atoms with Gasteiger partial charge in [-0.2, -0.15) is 0 Å². The van der Waals surface area contributed by atoms with Crippen molar-refractivity contribution in [1.29, 1.82) is 0 Å². The van der Waals surface area contributed by atoms with Crippen LogP contribution in [0.15, 0.2) is 42.5 Å². The number of para-hydroxylation sites is 1. The largest absolute Gasteiger partial charge is 0.497 e. The maximum absolute atomic E-state index is 13.2. The fraction of sp³-hybridized carbons (Fsp3) is 0.391. The Morgan fingerprint density at radius 1 is 0.897 bits per heavy atom. The van der Waals surface area contributed by atoms with Crippen LogP contribution < -0.4 is 14.5 Å². The predicted octanol–water partition coefficient (Wildman–Crippen LogP) is 2.77. The van der Waals surface area contributed by atoms with Gasteiger partial charge >= 0.3 is 0 Å². The van der Waals surface area contributed by atoms with Crippen LogP contribution in [0.4, 0.5) is 11.4 Å². The summed E-state index contributed by atoms with van der Waals surface area (Å²) < 4.78 is 5.23. The van der Waals surface area contributed by atoms with Gasteiger partial charge in [0.25, 0.3) is 5.91 Å². The molecule has 2 heterocycles. The molecule has 2 aliphatic rings. The summed E-state index contributed by atoms with van der Waals surface area (Å²) in [7, 11) is 1.66. The lowest BCUT2D eigenvalue weighted by Gasteiger charge is -2.38. The van der Waals surface area contributed by atoms with E-state index in [9.17, 15) is 9.59 Å². The molecule has 0 radical (unpaired) electrons. The van der Waals surface area contributed by atoms with Gasteiger partial charge in [0.2, 0.25) is 5.91 Å². The third-order valence-electron chi connectivity index (χ3n) is 5.98. The van der Waals surface area contributed by atoms with Crippen LogP contribution >= 0.6 is 0 Å². The van der Waals surface area contributed by atoms with Crippen molar-refractivity contribution in [3.63, 3.8) is 0 Å². The monoisotopic (exact) mass is 393 g/mol. The number of hydrogen-bond donors (Lipinski definition) is 0. The van der Waals surface area contributed by atoms with Gasteiger partial charge in [-0.3, -0.25) is 14.5 Å². The average molecular weight is 393 g/mol. The number of rotatable bonds is 4. The third kappa shape index (κ3) is 3.60. The summed E-state index contributed by atoms with van der Waals surface area (Å²) in [6, 6.07) is 13.5. The van der Waals surface area contributed by atoms with E-state index < -0.39 is 0 Å². The van der Waals surface area contributed by atoms with Gasteiger partial charge in [-0.1, -0.05) is 18.2 Å². The minimum Gasteiger partial charge on any atom is -0.497 e. The lowest BCUT2D eigenvalue weighted by Crippen LogP contribution is -2.52. The lowest BCUT2D eigenvalue weighted by molar-refractivity contribution is -0.123. The maximum atomic E-state index is 13.2. The second-order valence-electron chi connectivity index (χ2n) is 7.75. The molecule has 1 atom stereocenters. The first-order chi connectivity index (χ1) is 14.0. The van der Waals surface area contributed by atoms with E-state index in [0.717, 1.165) is 54.4 Å². The van der Waals surface area contributed by atoms with Crippen molar-refractivity contribution < 1.29 is 14.3 Å². The molecule has 2 amide bonds. The summed E-state index contributed by atoms with van der Waals surface area (Å²) in [5.74, 6) is 0.648. The van der Waals surface area contributed by atoms with Crippen LogP contribution in [-0.2, 0) is 9.59 Å². The molecule has 2 saturated heterocycles. The minimum atomic E-state index is -0.362. The molecular formula is C23H27N3O3. The van der Waals surface area contributed by atoms with E-state index in [4.69, 9.17) is 4.74 Å². The Hall–Kier alpha value is -2.86. The van der Waals surface area contributed by atoms with Crippen LogP contribution in [-0.4, -0.2) is 56.0 Å².